The number of thiazole rings is 1. The van der Waals surface area contributed by atoms with Gasteiger partial charge in [0.05, 0.1) is 6.20 Å². The van der Waals surface area contributed by atoms with Crippen molar-refractivity contribution >= 4 is 17.3 Å². The van der Waals surface area contributed by atoms with Crippen LogP contribution in [0.2, 0.25) is 0 Å². The van der Waals surface area contributed by atoms with Crippen molar-refractivity contribution in [1.82, 2.24) is 4.98 Å². The van der Waals surface area contributed by atoms with Gasteiger partial charge in [-0.15, -0.1) is 11.3 Å². The first-order chi connectivity index (χ1) is 8.56. The van der Waals surface area contributed by atoms with Gasteiger partial charge in [-0.3, -0.25) is 0 Å². The molecule has 0 unspecified atom stereocenters. The number of hydrogen-bond acceptors (Lipinski definition) is 4. The topological polar surface area (TPSA) is 59.4 Å². The molecular formula is C11H7F2NO3S. The van der Waals surface area contributed by atoms with Gasteiger partial charge >= 0.3 is 12.6 Å². The Hall–Kier alpha value is -2.02. The molecule has 1 aromatic heterocycles. The fraction of sp³-hybridized carbons (Fsp3) is 0.0909. The monoisotopic (exact) mass is 271 g/mol. The summed E-state index contributed by atoms with van der Waals surface area (Å²) in [6.45, 7) is -2.87. The quantitative estimate of drug-likeness (QED) is 0.928. The first-order valence-electron chi connectivity index (χ1n) is 4.80. The number of hydrogen-bond donors (Lipinski definition) is 1. The number of carbonyl (C=O) groups is 1. The maximum absolute atomic E-state index is 11.9. The summed E-state index contributed by atoms with van der Waals surface area (Å²) < 4.78 is 28.1. The van der Waals surface area contributed by atoms with Gasteiger partial charge in [-0.1, -0.05) is 0 Å². The summed E-state index contributed by atoms with van der Waals surface area (Å²) in [5.74, 6) is -1.000. The maximum atomic E-state index is 11.9. The SMILES string of the molecule is O=C(O)c1cnc(-c2ccc(OC(F)F)cc2)s1. The van der Waals surface area contributed by atoms with Crippen molar-refractivity contribution in [3.63, 3.8) is 0 Å². The van der Waals surface area contributed by atoms with Gasteiger partial charge in [-0.2, -0.15) is 8.78 Å². The van der Waals surface area contributed by atoms with Crippen LogP contribution in [0.4, 0.5) is 8.78 Å². The molecule has 0 amide bonds. The Morgan fingerprint density at radius 2 is 2.00 bits per heavy atom. The summed E-state index contributed by atoms with van der Waals surface area (Å²) in [6, 6.07) is 5.84. The summed E-state index contributed by atoms with van der Waals surface area (Å²) in [5.41, 5.74) is 0.647. The zero-order chi connectivity index (χ0) is 13.1. The van der Waals surface area contributed by atoms with Crippen LogP contribution in [0.1, 0.15) is 9.67 Å². The average molecular weight is 271 g/mol. The molecule has 18 heavy (non-hydrogen) atoms. The molecule has 0 aliphatic rings. The predicted molar refractivity (Wildman–Crippen MR) is 61.1 cm³/mol. The first kappa shape index (κ1) is 12.4. The van der Waals surface area contributed by atoms with E-state index in [1.165, 1.54) is 18.3 Å². The summed E-state index contributed by atoms with van der Waals surface area (Å²) >= 11 is 1.01. The lowest BCUT2D eigenvalue weighted by atomic mass is 10.2. The molecule has 1 aromatic carbocycles. The van der Waals surface area contributed by atoms with Crippen molar-refractivity contribution in [3.05, 3.63) is 35.3 Å². The Morgan fingerprint density at radius 3 is 2.50 bits per heavy atom. The molecule has 1 N–H and O–H groups in total. The fourth-order valence-corrected chi connectivity index (χ4v) is 2.05. The van der Waals surface area contributed by atoms with Crippen LogP contribution in [0.25, 0.3) is 10.6 Å². The van der Waals surface area contributed by atoms with Crippen molar-refractivity contribution in [2.45, 2.75) is 6.61 Å². The number of benzene rings is 1. The molecule has 0 atom stereocenters. The number of ether oxygens (including phenoxy) is 1. The van der Waals surface area contributed by atoms with Gasteiger partial charge in [0.1, 0.15) is 15.6 Å². The smallest absolute Gasteiger partial charge is 0.387 e. The van der Waals surface area contributed by atoms with E-state index in [-0.39, 0.29) is 10.6 Å². The number of aromatic nitrogens is 1. The standard InChI is InChI=1S/C11H7F2NO3S/c12-11(13)17-7-3-1-6(2-4-7)9-14-5-8(18-9)10(15)16/h1-5,11H,(H,15,16). The molecular weight excluding hydrogens is 264 g/mol. The van der Waals surface area contributed by atoms with Gasteiger partial charge in [0, 0.05) is 5.56 Å². The first-order valence-corrected chi connectivity index (χ1v) is 5.62. The molecule has 0 spiro atoms. The van der Waals surface area contributed by atoms with Gasteiger partial charge in [0.15, 0.2) is 0 Å². The molecule has 0 bridgehead atoms. The van der Waals surface area contributed by atoms with Gasteiger partial charge in [0.2, 0.25) is 0 Å². The van der Waals surface area contributed by atoms with E-state index in [9.17, 15) is 13.6 Å². The third kappa shape index (κ3) is 2.80. The molecule has 2 aromatic rings. The van der Waals surface area contributed by atoms with E-state index in [1.807, 2.05) is 0 Å². The lowest BCUT2D eigenvalue weighted by Crippen LogP contribution is -2.01. The van der Waals surface area contributed by atoms with Gasteiger partial charge in [-0.05, 0) is 24.3 Å². The Bertz CT molecular complexity index is 554. The summed E-state index contributed by atoms with van der Waals surface area (Å²) in [5, 5.41) is 9.27. The second kappa shape index (κ2) is 5.09. The van der Waals surface area contributed by atoms with Crippen LogP contribution in [0.5, 0.6) is 5.75 Å². The average Bonchev–Trinajstić information content (AvgIpc) is 2.78. The number of nitrogens with zero attached hydrogens (tertiary/aromatic N) is 1. The maximum Gasteiger partial charge on any atom is 0.387 e. The minimum atomic E-state index is -2.87. The molecule has 0 saturated heterocycles. The minimum absolute atomic E-state index is 0.0452. The van der Waals surface area contributed by atoms with E-state index in [0.29, 0.717) is 10.6 Å². The van der Waals surface area contributed by atoms with Crippen LogP contribution in [0.3, 0.4) is 0 Å². The number of carboxylic acid groups (broad SMARTS) is 1. The van der Waals surface area contributed by atoms with Gasteiger partial charge in [-0.25, -0.2) is 9.78 Å². The van der Waals surface area contributed by atoms with Crippen LogP contribution in [-0.2, 0) is 0 Å². The van der Waals surface area contributed by atoms with E-state index >= 15 is 0 Å². The highest BCUT2D eigenvalue weighted by Gasteiger charge is 2.10. The minimum Gasteiger partial charge on any atom is -0.477 e. The van der Waals surface area contributed by atoms with Crippen LogP contribution in [-0.4, -0.2) is 22.7 Å². The van der Waals surface area contributed by atoms with Crippen molar-refractivity contribution in [1.29, 1.82) is 0 Å². The second-order valence-electron chi connectivity index (χ2n) is 3.24. The lowest BCUT2D eigenvalue weighted by Gasteiger charge is -2.04. The van der Waals surface area contributed by atoms with Gasteiger partial charge in [0.25, 0.3) is 0 Å². The van der Waals surface area contributed by atoms with E-state index in [4.69, 9.17) is 5.11 Å². The van der Waals surface area contributed by atoms with Crippen molar-refractivity contribution in [2.75, 3.05) is 0 Å². The third-order valence-electron chi connectivity index (χ3n) is 2.04. The normalized spacial score (nSPS) is 10.6. The largest absolute Gasteiger partial charge is 0.477 e. The molecule has 7 heteroatoms. The molecule has 1 heterocycles. The number of aromatic carboxylic acids is 1. The van der Waals surface area contributed by atoms with Crippen molar-refractivity contribution in [3.8, 4) is 16.3 Å². The molecule has 0 saturated carbocycles. The summed E-state index contributed by atoms with van der Waals surface area (Å²) in [4.78, 5) is 14.8. The van der Waals surface area contributed by atoms with Crippen LogP contribution < -0.4 is 4.74 Å². The zero-order valence-electron chi connectivity index (χ0n) is 8.84. The fourth-order valence-electron chi connectivity index (χ4n) is 1.29. The Balaban J connectivity index is 2.20. The Labute approximate surface area is 104 Å². The number of alkyl halides is 2. The van der Waals surface area contributed by atoms with Crippen LogP contribution in [0, 0.1) is 0 Å². The second-order valence-corrected chi connectivity index (χ2v) is 4.27. The van der Waals surface area contributed by atoms with Crippen molar-refractivity contribution < 1.29 is 23.4 Å². The van der Waals surface area contributed by atoms with Gasteiger partial charge < -0.3 is 9.84 Å². The number of carboxylic acids is 1. The van der Waals surface area contributed by atoms with E-state index in [1.54, 1.807) is 12.1 Å². The molecule has 0 radical (unpaired) electrons. The molecule has 0 aliphatic carbocycles. The molecule has 0 fully saturated rings. The lowest BCUT2D eigenvalue weighted by molar-refractivity contribution is -0.0498. The van der Waals surface area contributed by atoms with Crippen LogP contribution >= 0.6 is 11.3 Å². The van der Waals surface area contributed by atoms with Crippen LogP contribution in [0.15, 0.2) is 30.5 Å². The molecule has 4 nitrogen and oxygen atoms in total. The van der Waals surface area contributed by atoms with E-state index in [2.05, 4.69) is 9.72 Å². The highest BCUT2D eigenvalue weighted by molar-refractivity contribution is 7.16. The highest BCUT2D eigenvalue weighted by Crippen LogP contribution is 2.27. The summed E-state index contributed by atoms with van der Waals surface area (Å²) in [7, 11) is 0. The third-order valence-corrected chi connectivity index (χ3v) is 3.08. The molecule has 2 rings (SSSR count). The van der Waals surface area contributed by atoms with E-state index in [0.717, 1.165) is 11.3 Å². The number of rotatable bonds is 4. The Kier molecular flexibility index (Phi) is 3.52. The summed E-state index contributed by atoms with van der Waals surface area (Å²) in [6.07, 6.45) is 1.26. The van der Waals surface area contributed by atoms with Crippen molar-refractivity contribution in [2.24, 2.45) is 0 Å². The molecule has 0 aliphatic heterocycles. The Morgan fingerprint density at radius 1 is 1.33 bits per heavy atom. The van der Waals surface area contributed by atoms with E-state index < -0.39 is 12.6 Å². The number of halogens is 2. The molecule has 94 valence electrons. The zero-order valence-corrected chi connectivity index (χ0v) is 9.66. The predicted octanol–water partition coefficient (Wildman–Crippen LogP) is 3.11. The highest BCUT2D eigenvalue weighted by atomic mass is 32.1.